The van der Waals surface area contributed by atoms with Crippen LogP contribution in [0, 0.1) is 0 Å². The Kier molecular flexibility index (Phi) is 5.70. The molecule has 2 nitrogen and oxygen atoms in total. The molecule has 4 heteroatoms. The molecule has 0 radical (unpaired) electrons. The second-order valence-electron chi connectivity index (χ2n) is 5.04. The molecule has 0 saturated heterocycles. The summed E-state index contributed by atoms with van der Waals surface area (Å²) in [7, 11) is 2.19. The van der Waals surface area contributed by atoms with Gasteiger partial charge in [0, 0.05) is 34.9 Å². The summed E-state index contributed by atoms with van der Waals surface area (Å²) >= 11 is 8.15. The van der Waals surface area contributed by atoms with E-state index in [1.54, 1.807) is 0 Å². The van der Waals surface area contributed by atoms with Crippen LogP contribution in [0.15, 0.2) is 30.5 Å². The average molecular weight is 309 g/mol. The Bertz CT molecular complexity index is 573. The number of aromatic nitrogens is 1. The van der Waals surface area contributed by atoms with Gasteiger partial charge in [0.2, 0.25) is 0 Å². The molecule has 0 amide bonds. The number of fused-ring (bicyclic) bond motifs is 1. The van der Waals surface area contributed by atoms with Gasteiger partial charge >= 0.3 is 0 Å². The largest absolute Gasteiger partial charge is 0.298 e. The number of nitrogens with zero attached hydrogens (tertiary/aromatic N) is 2. The van der Waals surface area contributed by atoms with Crippen molar-refractivity contribution in [3.63, 3.8) is 0 Å². The van der Waals surface area contributed by atoms with Crippen molar-refractivity contribution < 1.29 is 0 Å². The van der Waals surface area contributed by atoms with Crippen LogP contribution in [-0.4, -0.2) is 35.0 Å². The van der Waals surface area contributed by atoms with Gasteiger partial charge in [-0.2, -0.15) is 11.8 Å². The Hall–Kier alpha value is -0.770. The van der Waals surface area contributed by atoms with E-state index in [0.29, 0.717) is 6.04 Å². The van der Waals surface area contributed by atoms with E-state index < -0.39 is 0 Å². The normalized spacial score (nSPS) is 13.1. The lowest BCUT2D eigenvalue weighted by Gasteiger charge is -2.27. The first-order valence-electron chi connectivity index (χ1n) is 6.88. The van der Waals surface area contributed by atoms with Gasteiger partial charge < -0.3 is 0 Å². The molecule has 2 rings (SSSR count). The Morgan fingerprint density at radius 1 is 1.35 bits per heavy atom. The summed E-state index contributed by atoms with van der Waals surface area (Å²) < 4.78 is 0. The summed E-state index contributed by atoms with van der Waals surface area (Å²) in [5, 5.41) is 1.81. The van der Waals surface area contributed by atoms with Crippen molar-refractivity contribution in [3.8, 4) is 0 Å². The van der Waals surface area contributed by atoms with Crippen molar-refractivity contribution in [1.29, 1.82) is 0 Å². The van der Waals surface area contributed by atoms with Gasteiger partial charge in [-0.3, -0.25) is 9.88 Å². The zero-order valence-electron chi connectivity index (χ0n) is 12.3. The zero-order chi connectivity index (χ0) is 14.5. The lowest BCUT2D eigenvalue weighted by atomic mass is 10.1. The number of hydrogen-bond acceptors (Lipinski definition) is 3. The molecular weight excluding hydrogens is 288 g/mol. The van der Waals surface area contributed by atoms with Gasteiger partial charge in [0.1, 0.15) is 0 Å². The lowest BCUT2D eigenvalue weighted by molar-refractivity contribution is 0.248. The molecule has 0 fully saturated rings. The molecule has 2 aromatic rings. The monoisotopic (exact) mass is 308 g/mol. The maximum atomic E-state index is 6.25. The first kappa shape index (κ1) is 15.6. The quantitative estimate of drug-likeness (QED) is 0.783. The Morgan fingerprint density at radius 3 is 2.85 bits per heavy atom. The average Bonchev–Trinajstić information content (AvgIpc) is 2.48. The Labute approximate surface area is 130 Å². The van der Waals surface area contributed by atoms with Gasteiger partial charge in [-0.25, -0.2) is 0 Å². The SMILES string of the molecule is CCC(CSC)N(C)Cc1ccc(Cl)c2cccnc12. The Morgan fingerprint density at radius 2 is 2.15 bits per heavy atom. The maximum Gasteiger partial charge on any atom is 0.0761 e. The summed E-state index contributed by atoms with van der Waals surface area (Å²) in [5.41, 5.74) is 2.26. The predicted octanol–water partition coefficient (Wildman–Crippen LogP) is 4.46. The van der Waals surface area contributed by atoms with Gasteiger partial charge in [0.15, 0.2) is 0 Å². The highest BCUT2D eigenvalue weighted by Crippen LogP contribution is 2.26. The highest BCUT2D eigenvalue weighted by molar-refractivity contribution is 7.98. The first-order valence-corrected chi connectivity index (χ1v) is 8.65. The molecule has 0 N–H and O–H groups in total. The number of rotatable bonds is 6. The van der Waals surface area contributed by atoms with Crippen molar-refractivity contribution in [3.05, 3.63) is 41.0 Å². The fourth-order valence-electron chi connectivity index (χ4n) is 2.47. The summed E-state index contributed by atoms with van der Waals surface area (Å²) in [5.74, 6) is 1.16. The minimum absolute atomic E-state index is 0.597. The van der Waals surface area contributed by atoms with Gasteiger partial charge in [-0.05, 0) is 43.5 Å². The fraction of sp³-hybridized carbons (Fsp3) is 0.438. The number of benzene rings is 1. The van der Waals surface area contributed by atoms with Gasteiger partial charge in [0.25, 0.3) is 0 Å². The molecule has 20 heavy (non-hydrogen) atoms. The van der Waals surface area contributed by atoms with E-state index in [9.17, 15) is 0 Å². The fourth-order valence-corrected chi connectivity index (χ4v) is 3.56. The molecule has 108 valence electrons. The summed E-state index contributed by atoms with van der Waals surface area (Å²) in [6.45, 7) is 3.15. The van der Waals surface area contributed by atoms with Gasteiger partial charge in [-0.1, -0.05) is 24.6 Å². The topological polar surface area (TPSA) is 16.1 Å². The third kappa shape index (κ3) is 3.46. The molecule has 0 spiro atoms. The van der Waals surface area contributed by atoms with Gasteiger partial charge in [0.05, 0.1) is 5.52 Å². The van der Waals surface area contributed by atoms with Crippen molar-refractivity contribution >= 4 is 34.3 Å². The number of hydrogen-bond donors (Lipinski definition) is 0. The standard InChI is InChI=1S/C16H21ClN2S/c1-4-13(11-20-3)19(2)10-12-7-8-15(17)14-6-5-9-18-16(12)14/h5-9,13H,4,10-11H2,1-3H3. The molecule has 0 bridgehead atoms. The summed E-state index contributed by atoms with van der Waals surface area (Å²) in [4.78, 5) is 6.92. The van der Waals surface area contributed by atoms with Crippen molar-refractivity contribution in [2.75, 3.05) is 19.1 Å². The molecular formula is C16H21ClN2S. The second-order valence-corrected chi connectivity index (χ2v) is 6.36. The molecule has 1 aromatic heterocycles. The smallest absolute Gasteiger partial charge is 0.0761 e. The van der Waals surface area contributed by atoms with Crippen LogP contribution in [0.25, 0.3) is 10.9 Å². The van der Waals surface area contributed by atoms with Crippen LogP contribution in [0.1, 0.15) is 18.9 Å². The third-order valence-electron chi connectivity index (χ3n) is 3.67. The van der Waals surface area contributed by atoms with E-state index in [0.717, 1.165) is 34.6 Å². The number of pyridine rings is 1. The van der Waals surface area contributed by atoms with E-state index in [2.05, 4.69) is 36.2 Å². The van der Waals surface area contributed by atoms with Crippen LogP contribution in [0.2, 0.25) is 5.02 Å². The number of thioether (sulfide) groups is 1. The number of halogens is 1. The van der Waals surface area contributed by atoms with Crippen molar-refractivity contribution in [1.82, 2.24) is 9.88 Å². The molecule has 1 heterocycles. The van der Waals surface area contributed by atoms with E-state index in [1.165, 1.54) is 5.56 Å². The highest BCUT2D eigenvalue weighted by Gasteiger charge is 2.14. The molecule has 1 unspecified atom stereocenters. The molecule has 0 saturated carbocycles. The minimum atomic E-state index is 0.597. The van der Waals surface area contributed by atoms with Crippen LogP contribution in [0.5, 0.6) is 0 Å². The van der Waals surface area contributed by atoms with Crippen LogP contribution in [-0.2, 0) is 6.54 Å². The lowest BCUT2D eigenvalue weighted by Crippen LogP contribution is -2.32. The minimum Gasteiger partial charge on any atom is -0.298 e. The van der Waals surface area contributed by atoms with Crippen LogP contribution in [0.3, 0.4) is 0 Å². The van der Waals surface area contributed by atoms with E-state index in [-0.39, 0.29) is 0 Å². The third-order valence-corrected chi connectivity index (χ3v) is 4.72. The zero-order valence-corrected chi connectivity index (χ0v) is 13.8. The Balaban J connectivity index is 2.27. The molecule has 1 aromatic carbocycles. The van der Waals surface area contributed by atoms with Crippen LogP contribution in [0.4, 0.5) is 0 Å². The maximum absolute atomic E-state index is 6.25. The highest BCUT2D eigenvalue weighted by atomic mass is 35.5. The van der Waals surface area contributed by atoms with Crippen LogP contribution >= 0.6 is 23.4 Å². The van der Waals surface area contributed by atoms with E-state index in [1.807, 2.05) is 36.2 Å². The molecule has 1 atom stereocenters. The van der Waals surface area contributed by atoms with E-state index >= 15 is 0 Å². The molecule has 0 aliphatic heterocycles. The predicted molar refractivity (Wildman–Crippen MR) is 90.7 cm³/mol. The van der Waals surface area contributed by atoms with E-state index in [4.69, 9.17) is 11.6 Å². The first-order chi connectivity index (χ1) is 9.67. The van der Waals surface area contributed by atoms with Crippen LogP contribution < -0.4 is 0 Å². The van der Waals surface area contributed by atoms with Gasteiger partial charge in [-0.15, -0.1) is 0 Å². The second kappa shape index (κ2) is 7.30. The molecule has 0 aliphatic carbocycles. The summed E-state index contributed by atoms with van der Waals surface area (Å²) in [6.07, 6.45) is 5.16. The van der Waals surface area contributed by atoms with Crippen molar-refractivity contribution in [2.24, 2.45) is 0 Å². The summed E-state index contributed by atoms with van der Waals surface area (Å²) in [6, 6.07) is 8.64. The van der Waals surface area contributed by atoms with Crippen molar-refractivity contribution in [2.45, 2.75) is 25.9 Å². The molecule has 0 aliphatic rings.